The van der Waals surface area contributed by atoms with Gasteiger partial charge in [0.15, 0.2) is 0 Å². The Morgan fingerprint density at radius 3 is 2.78 bits per heavy atom. The molecule has 0 unspecified atom stereocenters. The van der Waals surface area contributed by atoms with Crippen molar-refractivity contribution in [2.24, 2.45) is 0 Å². The monoisotopic (exact) mass is 331 g/mol. The molecule has 2 N–H and O–H groups in total. The fraction of sp³-hybridized carbons (Fsp3) is 0.0667. The number of rotatable bonds is 4. The summed E-state index contributed by atoms with van der Waals surface area (Å²) < 4.78 is 5.51. The molecule has 0 saturated heterocycles. The first-order valence-electron chi connectivity index (χ1n) is 6.54. The molecule has 0 atom stereocenters. The topological polar surface area (TPSA) is 105 Å². The highest BCUT2D eigenvalue weighted by atomic mass is 35.5. The van der Waals surface area contributed by atoms with Gasteiger partial charge in [0.25, 0.3) is 5.91 Å². The molecular formula is C15H10ClN3O4. The summed E-state index contributed by atoms with van der Waals surface area (Å²) in [6.07, 6.45) is 4.22. The van der Waals surface area contributed by atoms with Crippen molar-refractivity contribution in [1.82, 2.24) is 15.3 Å². The minimum atomic E-state index is -1.14. The Kier molecular flexibility index (Phi) is 3.94. The molecule has 0 spiro atoms. The van der Waals surface area contributed by atoms with E-state index >= 15 is 0 Å². The summed E-state index contributed by atoms with van der Waals surface area (Å²) in [5.74, 6) is -1.14. The van der Waals surface area contributed by atoms with Crippen LogP contribution in [0.15, 0.2) is 41.2 Å². The lowest BCUT2D eigenvalue weighted by Gasteiger charge is -2.01. The van der Waals surface area contributed by atoms with Gasteiger partial charge in [0.05, 0.1) is 12.7 Å². The number of carbonyl (C=O) groups is 2. The van der Waals surface area contributed by atoms with Crippen LogP contribution in [0.1, 0.15) is 26.6 Å². The number of furan rings is 1. The number of aromatic carboxylic acids is 1. The van der Waals surface area contributed by atoms with E-state index in [0.29, 0.717) is 16.2 Å². The molecule has 116 valence electrons. The zero-order chi connectivity index (χ0) is 16.4. The van der Waals surface area contributed by atoms with Crippen LogP contribution in [0.2, 0.25) is 5.02 Å². The second kappa shape index (κ2) is 6.05. The first-order chi connectivity index (χ1) is 11.0. The molecular weight excluding hydrogens is 322 g/mol. The largest absolute Gasteiger partial charge is 0.478 e. The van der Waals surface area contributed by atoms with Gasteiger partial charge in [-0.15, -0.1) is 0 Å². The van der Waals surface area contributed by atoms with Gasteiger partial charge in [0.1, 0.15) is 22.6 Å². The average Bonchev–Trinajstić information content (AvgIpc) is 2.95. The van der Waals surface area contributed by atoms with E-state index in [1.807, 2.05) is 0 Å². The van der Waals surface area contributed by atoms with Gasteiger partial charge >= 0.3 is 5.97 Å². The second-order valence-corrected chi connectivity index (χ2v) is 5.10. The summed E-state index contributed by atoms with van der Waals surface area (Å²) in [4.78, 5) is 30.8. The van der Waals surface area contributed by atoms with Crippen molar-refractivity contribution in [3.05, 3.63) is 58.8 Å². The third-order valence-corrected chi connectivity index (χ3v) is 3.30. The van der Waals surface area contributed by atoms with Gasteiger partial charge in [-0.3, -0.25) is 9.78 Å². The van der Waals surface area contributed by atoms with Crippen molar-refractivity contribution in [2.45, 2.75) is 6.54 Å². The minimum Gasteiger partial charge on any atom is -0.478 e. The average molecular weight is 332 g/mol. The van der Waals surface area contributed by atoms with E-state index in [1.165, 1.54) is 24.7 Å². The number of hydrogen-bond donors (Lipinski definition) is 2. The summed E-state index contributed by atoms with van der Waals surface area (Å²) >= 11 is 5.89. The lowest BCUT2D eigenvalue weighted by Crippen LogP contribution is -2.23. The number of aromatic nitrogens is 2. The third-order valence-electron chi connectivity index (χ3n) is 3.08. The Morgan fingerprint density at radius 1 is 1.26 bits per heavy atom. The van der Waals surface area contributed by atoms with Gasteiger partial charge < -0.3 is 14.8 Å². The lowest BCUT2D eigenvalue weighted by molar-refractivity contribution is 0.0697. The summed E-state index contributed by atoms with van der Waals surface area (Å²) in [6.45, 7) is 0.0841. The molecule has 8 heteroatoms. The number of carboxylic acid groups (broad SMARTS) is 1. The zero-order valence-corrected chi connectivity index (χ0v) is 12.4. The van der Waals surface area contributed by atoms with Crippen molar-refractivity contribution in [3.8, 4) is 0 Å². The molecule has 7 nitrogen and oxygen atoms in total. The SMILES string of the molecule is O=C(NCc1cc2cc(Cl)cc(C(=O)O)c2o1)c1cnccn1. The maximum absolute atomic E-state index is 11.9. The van der Waals surface area contributed by atoms with Crippen LogP contribution in [0.5, 0.6) is 0 Å². The molecule has 0 bridgehead atoms. The number of nitrogens with zero attached hydrogens (tertiary/aromatic N) is 2. The fourth-order valence-corrected chi connectivity index (χ4v) is 2.32. The van der Waals surface area contributed by atoms with Gasteiger partial charge in [-0.2, -0.15) is 0 Å². The van der Waals surface area contributed by atoms with Crippen molar-refractivity contribution in [1.29, 1.82) is 0 Å². The molecule has 0 aliphatic heterocycles. The van der Waals surface area contributed by atoms with E-state index in [9.17, 15) is 14.7 Å². The van der Waals surface area contributed by atoms with E-state index in [0.717, 1.165) is 0 Å². The van der Waals surface area contributed by atoms with Crippen LogP contribution < -0.4 is 5.32 Å². The van der Waals surface area contributed by atoms with E-state index in [2.05, 4.69) is 15.3 Å². The number of hydrogen-bond acceptors (Lipinski definition) is 5. The van der Waals surface area contributed by atoms with Crippen LogP contribution in [0.25, 0.3) is 11.0 Å². The number of carbonyl (C=O) groups excluding carboxylic acids is 1. The standard InChI is InChI=1S/C15H10ClN3O4/c16-9-3-8-4-10(23-13(8)11(5-9)15(21)22)6-19-14(20)12-7-17-1-2-18-12/h1-5,7H,6H2,(H,19,20)(H,21,22). The fourth-order valence-electron chi connectivity index (χ4n) is 2.09. The maximum atomic E-state index is 11.9. The van der Waals surface area contributed by atoms with Crippen molar-refractivity contribution in [2.75, 3.05) is 0 Å². The Hall–Kier alpha value is -2.93. The van der Waals surface area contributed by atoms with E-state index in [-0.39, 0.29) is 23.4 Å². The number of amides is 1. The predicted octanol–water partition coefficient (Wildman–Crippen LogP) is 2.50. The first kappa shape index (κ1) is 15.0. The van der Waals surface area contributed by atoms with Gasteiger partial charge in [0.2, 0.25) is 0 Å². The number of fused-ring (bicyclic) bond motifs is 1. The highest BCUT2D eigenvalue weighted by Gasteiger charge is 2.16. The molecule has 0 saturated carbocycles. The molecule has 1 aromatic carbocycles. The van der Waals surface area contributed by atoms with Crippen molar-refractivity contribution < 1.29 is 19.1 Å². The molecule has 2 aromatic heterocycles. The number of carboxylic acids is 1. The summed E-state index contributed by atoms with van der Waals surface area (Å²) in [6, 6.07) is 4.54. The van der Waals surface area contributed by atoms with Gasteiger partial charge in [-0.05, 0) is 18.2 Å². The van der Waals surface area contributed by atoms with Crippen LogP contribution in [0.3, 0.4) is 0 Å². The van der Waals surface area contributed by atoms with Crippen LogP contribution in [0.4, 0.5) is 0 Å². The molecule has 0 aliphatic carbocycles. The molecule has 0 aliphatic rings. The van der Waals surface area contributed by atoms with E-state index < -0.39 is 11.9 Å². The Bertz CT molecular complexity index is 892. The number of nitrogens with one attached hydrogen (secondary N) is 1. The molecule has 0 fully saturated rings. The quantitative estimate of drug-likeness (QED) is 0.761. The third kappa shape index (κ3) is 3.14. The van der Waals surface area contributed by atoms with Crippen molar-refractivity contribution in [3.63, 3.8) is 0 Å². The van der Waals surface area contributed by atoms with E-state index in [1.54, 1.807) is 12.1 Å². The number of halogens is 1. The molecule has 2 heterocycles. The van der Waals surface area contributed by atoms with Crippen LogP contribution >= 0.6 is 11.6 Å². The summed E-state index contributed by atoms with van der Waals surface area (Å²) in [5.41, 5.74) is 0.363. The second-order valence-electron chi connectivity index (χ2n) is 4.66. The predicted molar refractivity (Wildman–Crippen MR) is 81.4 cm³/mol. The molecule has 3 rings (SSSR count). The van der Waals surface area contributed by atoms with Crippen LogP contribution in [0, 0.1) is 0 Å². The summed E-state index contributed by atoms with van der Waals surface area (Å²) in [7, 11) is 0. The Labute approximate surface area is 134 Å². The molecule has 23 heavy (non-hydrogen) atoms. The molecule has 1 amide bonds. The van der Waals surface area contributed by atoms with Crippen LogP contribution in [-0.4, -0.2) is 27.0 Å². The number of benzene rings is 1. The Morgan fingerprint density at radius 2 is 2.09 bits per heavy atom. The van der Waals surface area contributed by atoms with Gasteiger partial charge in [0, 0.05) is 22.8 Å². The van der Waals surface area contributed by atoms with Gasteiger partial charge in [-0.25, -0.2) is 9.78 Å². The molecule has 0 radical (unpaired) electrons. The molecule has 3 aromatic rings. The smallest absolute Gasteiger partial charge is 0.339 e. The normalized spacial score (nSPS) is 10.7. The highest BCUT2D eigenvalue weighted by molar-refractivity contribution is 6.32. The van der Waals surface area contributed by atoms with Crippen LogP contribution in [-0.2, 0) is 6.54 Å². The Balaban J connectivity index is 1.83. The summed E-state index contributed by atoms with van der Waals surface area (Å²) in [5, 5.41) is 12.7. The van der Waals surface area contributed by atoms with Gasteiger partial charge in [-0.1, -0.05) is 11.6 Å². The zero-order valence-electron chi connectivity index (χ0n) is 11.6. The van der Waals surface area contributed by atoms with Crippen molar-refractivity contribution >= 4 is 34.4 Å². The highest BCUT2D eigenvalue weighted by Crippen LogP contribution is 2.27. The maximum Gasteiger partial charge on any atom is 0.339 e. The first-order valence-corrected chi connectivity index (χ1v) is 6.92. The lowest BCUT2D eigenvalue weighted by atomic mass is 10.1. The minimum absolute atomic E-state index is 0.0287. The van der Waals surface area contributed by atoms with E-state index in [4.69, 9.17) is 16.0 Å².